The zero-order valence-corrected chi connectivity index (χ0v) is 21.3. The van der Waals surface area contributed by atoms with E-state index in [0.29, 0.717) is 28.2 Å². The van der Waals surface area contributed by atoms with Gasteiger partial charge in [0.25, 0.3) is 0 Å². The van der Waals surface area contributed by atoms with Crippen LogP contribution in [0.3, 0.4) is 0 Å². The largest absolute Gasteiger partial charge is 0.493 e. The Balaban J connectivity index is 1.56. The number of benzene rings is 3. The van der Waals surface area contributed by atoms with Gasteiger partial charge >= 0.3 is 5.97 Å². The van der Waals surface area contributed by atoms with Gasteiger partial charge in [0, 0.05) is 11.4 Å². The highest BCUT2D eigenvalue weighted by Gasteiger charge is 2.25. The zero-order chi connectivity index (χ0) is 26.4. The molecule has 2 atom stereocenters. The van der Waals surface area contributed by atoms with E-state index < -0.39 is 17.3 Å². The van der Waals surface area contributed by atoms with Gasteiger partial charge in [-0.15, -0.1) is 10.2 Å². The second-order valence-corrected chi connectivity index (χ2v) is 9.36. The molecule has 3 aromatic carbocycles. The molecule has 0 saturated heterocycles. The Kier molecular flexibility index (Phi) is 8.09. The molecule has 9 nitrogen and oxygen atoms in total. The lowest BCUT2D eigenvalue weighted by molar-refractivity contribution is -0.115. The van der Waals surface area contributed by atoms with Crippen LogP contribution in [0, 0.1) is 0 Å². The van der Waals surface area contributed by atoms with Crippen LogP contribution in [0.4, 0.5) is 5.69 Å². The second kappa shape index (κ2) is 11.6. The Morgan fingerprint density at radius 2 is 1.57 bits per heavy atom. The average molecular weight is 519 g/mol. The number of carboxylic acid groups (broad SMARTS) is 1. The molecule has 0 bridgehead atoms. The van der Waals surface area contributed by atoms with Crippen molar-refractivity contribution in [1.29, 1.82) is 0 Å². The molecule has 1 heterocycles. The topological polar surface area (TPSA) is 116 Å². The summed E-state index contributed by atoms with van der Waals surface area (Å²) < 4.78 is 13.5. The first-order chi connectivity index (χ1) is 17.9. The molecule has 0 saturated carbocycles. The molecule has 0 radical (unpaired) electrons. The Hall–Kier alpha value is -4.31. The van der Waals surface area contributed by atoms with E-state index in [2.05, 4.69) is 15.5 Å². The predicted octanol–water partition coefficient (Wildman–Crippen LogP) is 5.23. The standard InChI is InChI=1S/C27H26N4O5S/c1-17(36-23-12-8-7-11-22(23)35-3)24-29-30-27(31(24)21-9-5-4-6-10-21)37-18(2)25(32)28-20-15-13-19(14-16-20)26(33)34/h4-18H,1-3H3,(H,28,32)(H,33,34). The van der Waals surface area contributed by atoms with Crippen LogP contribution >= 0.6 is 11.8 Å². The van der Waals surface area contributed by atoms with Crippen LogP contribution in [0.1, 0.15) is 36.1 Å². The highest BCUT2D eigenvalue weighted by atomic mass is 32.2. The van der Waals surface area contributed by atoms with Gasteiger partial charge in [-0.1, -0.05) is 42.1 Å². The van der Waals surface area contributed by atoms with Gasteiger partial charge in [0.1, 0.15) is 0 Å². The van der Waals surface area contributed by atoms with E-state index >= 15 is 0 Å². The van der Waals surface area contributed by atoms with Crippen molar-refractivity contribution in [3.05, 3.63) is 90.3 Å². The number of aromatic nitrogens is 3. The number of carbonyl (C=O) groups is 2. The molecule has 37 heavy (non-hydrogen) atoms. The third-order valence-corrected chi connectivity index (χ3v) is 6.50. The fraction of sp³-hybridized carbons (Fsp3) is 0.185. The van der Waals surface area contributed by atoms with Crippen LogP contribution < -0.4 is 14.8 Å². The van der Waals surface area contributed by atoms with Gasteiger partial charge in [-0.25, -0.2) is 4.79 Å². The SMILES string of the molecule is COc1ccccc1OC(C)c1nnc(SC(C)C(=O)Nc2ccc(C(=O)O)cc2)n1-c1ccccc1. The molecule has 1 aromatic heterocycles. The lowest BCUT2D eigenvalue weighted by Crippen LogP contribution is -2.23. The summed E-state index contributed by atoms with van der Waals surface area (Å²) in [6, 6.07) is 23.0. The van der Waals surface area contributed by atoms with Crippen molar-refractivity contribution in [2.45, 2.75) is 30.4 Å². The molecule has 4 rings (SSSR count). The van der Waals surface area contributed by atoms with Crippen molar-refractivity contribution in [1.82, 2.24) is 14.8 Å². The second-order valence-electron chi connectivity index (χ2n) is 8.05. The van der Waals surface area contributed by atoms with Gasteiger partial charge in [0.15, 0.2) is 28.6 Å². The van der Waals surface area contributed by atoms with E-state index in [-0.39, 0.29) is 11.5 Å². The van der Waals surface area contributed by atoms with Gasteiger partial charge in [-0.2, -0.15) is 0 Å². The van der Waals surface area contributed by atoms with E-state index in [1.54, 1.807) is 26.2 Å². The lowest BCUT2D eigenvalue weighted by atomic mass is 10.2. The number of aromatic carboxylic acids is 1. The molecule has 4 aromatic rings. The number of anilines is 1. The van der Waals surface area contributed by atoms with Gasteiger partial charge in [0.2, 0.25) is 5.91 Å². The van der Waals surface area contributed by atoms with Crippen molar-refractivity contribution in [2.75, 3.05) is 12.4 Å². The van der Waals surface area contributed by atoms with Gasteiger partial charge < -0.3 is 19.9 Å². The van der Waals surface area contributed by atoms with E-state index in [1.165, 1.54) is 23.9 Å². The Morgan fingerprint density at radius 3 is 2.22 bits per heavy atom. The van der Waals surface area contributed by atoms with Gasteiger partial charge in [-0.05, 0) is 62.4 Å². The van der Waals surface area contributed by atoms with Crippen molar-refractivity contribution >= 4 is 29.3 Å². The monoisotopic (exact) mass is 518 g/mol. The number of ether oxygens (including phenoxy) is 2. The first-order valence-electron chi connectivity index (χ1n) is 11.5. The fourth-order valence-corrected chi connectivity index (χ4v) is 4.43. The number of carboxylic acids is 1. The maximum atomic E-state index is 12.9. The van der Waals surface area contributed by atoms with Crippen molar-refractivity contribution in [3.63, 3.8) is 0 Å². The predicted molar refractivity (Wildman–Crippen MR) is 141 cm³/mol. The number of para-hydroxylation sites is 3. The number of thioether (sulfide) groups is 1. The summed E-state index contributed by atoms with van der Waals surface area (Å²) >= 11 is 1.26. The summed E-state index contributed by atoms with van der Waals surface area (Å²) in [5.74, 6) is 0.473. The molecule has 0 spiro atoms. The van der Waals surface area contributed by atoms with E-state index in [4.69, 9.17) is 14.6 Å². The lowest BCUT2D eigenvalue weighted by Gasteiger charge is -2.18. The summed E-state index contributed by atoms with van der Waals surface area (Å²) in [7, 11) is 1.58. The van der Waals surface area contributed by atoms with Crippen molar-refractivity contribution in [3.8, 4) is 17.2 Å². The molecular weight excluding hydrogens is 492 g/mol. The molecule has 0 fully saturated rings. The molecule has 0 aliphatic heterocycles. The average Bonchev–Trinajstić information content (AvgIpc) is 3.33. The third-order valence-electron chi connectivity index (χ3n) is 5.46. The minimum absolute atomic E-state index is 0.147. The van der Waals surface area contributed by atoms with Crippen LogP contribution in [0.2, 0.25) is 0 Å². The first-order valence-corrected chi connectivity index (χ1v) is 12.4. The Morgan fingerprint density at radius 1 is 0.919 bits per heavy atom. The highest BCUT2D eigenvalue weighted by molar-refractivity contribution is 8.00. The number of rotatable bonds is 10. The molecule has 2 unspecified atom stereocenters. The summed E-state index contributed by atoms with van der Waals surface area (Å²) in [5, 5.41) is 20.7. The summed E-state index contributed by atoms with van der Waals surface area (Å²) in [6.07, 6.45) is -0.477. The minimum Gasteiger partial charge on any atom is -0.493 e. The summed E-state index contributed by atoms with van der Waals surface area (Å²) in [5.41, 5.74) is 1.48. The van der Waals surface area contributed by atoms with Crippen LogP contribution in [-0.4, -0.2) is 44.1 Å². The minimum atomic E-state index is -1.03. The summed E-state index contributed by atoms with van der Waals surface area (Å²) in [6.45, 7) is 3.64. The zero-order valence-electron chi connectivity index (χ0n) is 20.5. The molecular formula is C27H26N4O5S. The number of carbonyl (C=O) groups excluding carboxylic acids is 1. The maximum Gasteiger partial charge on any atom is 0.335 e. The Labute approximate surface area is 218 Å². The van der Waals surface area contributed by atoms with Gasteiger partial charge in [-0.3, -0.25) is 9.36 Å². The van der Waals surface area contributed by atoms with Gasteiger partial charge in [0.05, 0.1) is 17.9 Å². The molecule has 0 aliphatic carbocycles. The number of nitrogens with zero attached hydrogens (tertiary/aromatic N) is 3. The fourth-order valence-electron chi connectivity index (χ4n) is 3.55. The van der Waals surface area contributed by atoms with E-state index in [9.17, 15) is 9.59 Å². The number of methoxy groups -OCH3 is 1. The molecule has 10 heteroatoms. The smallest absolute Gasteiger partial charge is 0.335 e. The normalized spacial score (nSPS) is 12.4. The summed E-state index contributed by atoms with van der Waals surface area (Å²) in [4.78, 5) is 23.9. The van der Waals surface area contributed by atoms with Crippen LogP contribution in [0.15, 0.2) is 84.0 Å². The number of nitrogens with one attached hydrogen (secondary N) is 1. The Bertz CT molecular complexity index is 1380. The quantitative estimate of drug-likeness (QED) is 0.274. The maximum absolute atomic E-state index is 12.9. The first kappa shape index (κ1) is 25.8. The number of hydrogen-bond acceptors (Lipinski definition) is 7. The molecule has 190 valence electrons. The van der Waals surface area contributed by atoms with Crippen LogP contribution in [-0.2, 0) is 4.79 Å². The van der Waals surface area contributed by atoms with Crippen LogP contribution in [0.25, 0.3) is 5.69 Å². The third kappa shape index (κ3) is 6.10. The molecule has 0 aliphatic rings. The number of amides is 1. The molecule has 1 amide bonds. The number of hydrogen-bond donors (Lipinski definition) is 2. The van der Waals surface area contributed by atoms with Crippen molar-refractivity contribution in [2.24, 2.45) is 0 Å². The van der Waals surface area contributed by atoms with E-state index in [0.717, 1.165) is 5.69 Å². The van der Waals surface area contributed by atoms with Crippen LogP contribution in [0.5, 0.6) is 11.5 Å². The highest BCUT2D eigenvalue weighted by Crippen LogP contribution is 2.33. The van der Waals surface area contributed by atoms with E-state index in [1.807, 2.05) is 66.1 Å². The molecule has 2 N–H and O–H groups in total. The van der Waals surface area contributed by atoms with Crippen molar-refractivity contribution < 1.29 is 24.2 Å².